The van der Waals surface area contributed by atoms with E-state index in [0.717, 1.165) is 5.56 Å². The summed E-state index contributed by atoms with van der Waals surface area (Å²) < 4.78 is 0. The van der Waals surface area contributed by atoms with Crippen molar-refractivity contribution in [3.05, 3.63) is 29.8 Å². The normalized spacial score (nSPS) is 8.71. The van der Waals surface area contributed by atoms with Crippen LogP contribution in [0.5, 0.6) is 0 Å². The number of aliphatic carboxylic acids is 1. The van der Waals surface area contributed by atoms with Crippen LogP contribution in [0.4, 0.5) is 5.69 Å². The van der Waals surface area contributed by atoms with E-state index < -0.39 is 5.97 Å². The Bertz CT molecular complexity index is 386. The number of amidine groups is 1. The van der Waals surface area contributed by atoms with Gasteiger partial charge in [0.25, 0.3) is 0 Å². The van der Waals surface area contributed by atoms with E-state index in [9.17, 15) is 4.79 Å². The summed E-state index contributed by atoms with van der Waals surface area (Å²) in [6, 6.07) is 7.22. The molecule has 0 unspecified atom stereocenters. The number of nitrogens with two attached hydrogens (primary N) is 3. The van der Waals surface area contributed by atoms with E-state index in [-0.39, 0.29) is 31.2 Å². The van der Waals surface area contributed by atoms with Gasteiger partial charge in [0, 0.05) is 0 Å². The number of carboxylic acids is 1. The van der Waals surface area contributed by atoms with Crippen LogP contribution in [0.1, 0.15) is 12.0 Å². The minimum atomic E-state index is -0.833. The van der Waals surface area contributed by atoms with Crippen LogP contribution in [0.25, 0.3) is 0 Å². The molecule has 5 nitrogen and oxygen atoms in total. The quantitative estimate of drug-likeness (QED) is 0.250. The fourth-order valence-corrected chi connectivity index (χ4v) is 1.22. The molecule has 1 aromatic carbocycles. The number of benzene rings is 1. The first-order chi connectivity index (χ1) is 7.11. The highest BCUT2D eigenvalue weighted by molar-refractivity contribution is 5.92. The summed E-state index contributed by atoms with van der Waals surface area (Å²) in [5.41, 5.74) is 7.07. The van der Waals surface area contributed by atoms with Gasteiger partial charge in [0.15, 0.2) is 0 Å². The summed E-state index contributed by atoms with van der Waals surface area (Å²) in [5.74, 6) is -0.311. The van der Waals surface area contributed by atoms with Crippen molar-refractivity contribution in [2.45, 2.75) is 6.42 Å². The van der Waals surface area contributed by atoms with E-state index in [1.165, 1.54) is 0 Å². The predicted octanol–water partition coefficient (Wildman–Crippen LogP) is -8.18. The zero-order valence-electron chi connectivity index (χ0n) is 9.07. The van der Waals surface area contributed by atoms with Gasteiger partial charge < -0.3 is 35.7 Å². The van der Waals surface area contributed by atoms with Crippen LogP contribution < -0.4 is 41.3 Å². The second kappa shape index (κ2) is 8.81. The molecule has 0 aromatic heterocycles. The monoisotopic (exact) mass is 279 g/mol. The standard InChI is InChI=1S/C10H13N3O2.2ClH/c11-8-4-2-1-3-7(8)10(12)13-6-5-9(14)15;;/h1-4H,5-6,11H2,(H2,12,13)(H,14,15);2*1H. The van der Waals surface area contributed by atoms with Crippen LogP contribution in [-0.4, -0.2) is 23.5 Å². The maximum absolute atomic E-state index is 10.3. The Morgan fingerprint density at radius 2 is 1.94 bits per heavy atom. The van der Waals surface area contributed by atoms with Crippen molar-refractivity contribution in [1.82, 2.24) is 0 Å². The number of hydrogen-bond donors (Lipinski definition) is 4. The van der Waals surface area contributed by atoms with Gasteiger partial charge in [-0.3, -0.25) is 10.1 Å². The first-order valence-corrected chi connectivity index (χ1v) is 4.63. The number of halogens is 2. The number of nitrogen functional groups attached to an aromatic ring is 1. The van der Waals surface area contributed by atoms with Gasteiger partial charge in [-0.1, -0.05) is 12.1 Å². The summed E-state index contributed by atoms with van der Waals surface area (Å²) in [6.07, 6.45) is 0.0768. The molecule has 0 aliphatic rings. The molecule has 0 atom stereocenters. The zero-order valence-corrected chi connectivity index (χ0v) is 10.6. The molecule has 7 N–H and O–H groups in total. The number of carboxylic acid groups (broad SMARTS) is 1. The number of carbonyl (C=O) groups is 1. The highest BCUT2D eigenvalue weighted by Crippen LogP contribution is 2.06. The molecule has 1 aromatic rings. The first-order valence-electron chi connectivity index (χ1n) is 4.63. The molecular formula is C10H15Cl2N3O2. The molecule has 17 heavy (non-hydrogen) atoms. The van der Waals surface area contributed by atoms with E-state index in [1.54, 1.807) is 11.4 Å². The van der Waals surface area contributed by atoms with Crippen LogP contribution in [0.3, 0.4) is 0 Å². The summed E-state index contributed by atoms with van der Waals surface area (Å²) in [4.78, 5) is 10.3. The number of hydrogen-bond acceptors (Lipinski definition) is 2. The third kappa shape index (κ3) is 6.11. The lowest BCUT2D eigenvalue weighted by molar-refractivity contribution is -0.563. The molecule has 0 amide bonds. The highest BCUT2D eigenvalue weighted by atomic mass is 35.5. The van der Waals surface area contributed by atoms with Crippen molar-refractivity contribution in [2.75, 3.05) is 12.3 Å². The fourth-order valence-electron chi connectivity index (χ4n) is 1.22. The van der Waals surface area contributed by atoms with Gasteiger partial charge in [-0.15, -0.1) is 0 Å². The fraction of sp³-hybridized carbons (Fsp3) is 0.200. The molecule has 0 saturated heterocycles. The third-order valence-corrected chi connectivity index (χ3v) is 1.99. The Labute approximate surface area is 112 Å². The number of rotatable bonds is 4. The number of quaternary nitrogens is 1. The average molecular weight is 280 g/mol. The predicted molar refractivity (Wildman–Crippen MR) is 55.9 cm³/mol. The Morgan fingerprint density at radius 1 is 1.35 bits per heavy atom. The van der Waals surface area contributed by atoms with Gasteiger partial charge in [-0.05, 0) is 12.1 Å². The van der Waals surface area contributed by atoms with Gasteiger partial charge in [-0.25, -0.2) is 5.41 Å². The molecule has 96 valence electrons. The Morgan fingerprint density at radius 3 is 2.47 bits per heavy atom. The molecule has 0 aliphatic carbocycles. The molecule has 0 aliphatic heterocycles. The van der Waals surface area contributed by atoms with Gasteiger partial charge >= 0.3 is 11.8 Å². The van der Waals surface area contributed by atoms with Crippen LogP contribution in [-0.2, 0) is 4.79 Å². The van der Waals surface area contributed by atoms with E-state index in [2.05, 4.69) is 0 Å². The van der Waals surface area contributed by atoms with E-state index >= 15 is 0 Å². The number of para-hydroxylation sites is 1. The first kappa shape index (κ1) is 18.1. The molecule has 1 rings (SSSR count). The molecular weight excluding hydrogens is 265 g/mol. The smallest absolute Gasteiger partial charge is 0.366 e. The van der Waals surface area contributed by atoms with Crippen molar-refractivity contribution < 1.29 is 45.4 Å². The maximum atomic E-state index is 10.3. The minimum Gasteiger partial charge on any atom is -1.00 e. The van der Waals surface area contributed by atoms with Crippen molar-refractivity contribution >= 4 is 17.5 Å². The van der Waals surface area contributed by atoms with Crippen molar-refractivity contribution in [3.63, 3.8) is 0 Å². The van der Waals surface area contributed by atoms with Crippen LogP contribution in [0.15, 0.2) is 24.3 Å². The molecule has 0 heterocycles. The van der Waals surface area contributed by atoms with E-state index in [1.807, 2.05) is 18.2 Å². The highest BCUT2D eigenvalue weighted by Gasteiger charge is 2.14. The lowest BCUT2D eigenvalue weighted by atomic mass is 10.1. The summed E-state index contributed by atoms with van der Waals surface area (Å²) in [7, 11) is 0. The second-order valence-electron chi connectivity index (χ2n) is 3.18. The second-order valence-corrected chi connectivity index (χ2v) is 3.18. The molecule has 7 heteroatoms. The van der Waals surface area contributed by atoms with Gasteiger partial charge in [0.2, 0.25) is 0 Å². The topological polar surface area (TPSA) is 106 Å². The van der Waals surface area contributed by atoms with Crippen LogP contribution in [0, 0.1) is 0 Å². The van der Waals surface area contributed by atoms with E-state index in [0.29, 0.717) is 18.1 Å². The van der Waals surface area contributed by atoms with Gasteiger partial charge in [0.1, 0.15) is 5.56 Å². The van der Waals surface area contributed by atoms with Crippen LogP contribution in [0.2, 0.25) is 0 Å². The molecule has 0 bridgehead atoms. The maximum Gasteiger partial charge on any atom is 0.366 e. The SMILES string of the molecule is Nc1ccccc1C(=[NH2+])[NH2+]CCC(=O)O.[Cl-].[Cl-]. The minimum absolute atomic E-state index is 0. The van der Waals surface area contributed by atoms with Crippen molar-refractivity contribution in [3.8, 4) is 0 Å². The third-order valence-electron chi connectivity index (χ3n) is 1.99. The van der Waals surface area contributed by atoms with E-state index in [4.69, 9.17) is 16.2 Å². The Hall–Kier alpha value is -1.30. The number of anilines is 1. The van der Waals surface area contributed by atoms with Gasteiger partial charge in [0.05, 0.1) is 18.7 Å². The summed E-state index contributed by atoms with van der Waals surface area (Å²) >= 11 is 0. The van der Waals surface area contributed by atoms with Crippen LogP contribution >= 0.6 is 0 Å². The molecule has 0 spiro atoms. The summed E-state index contributed by atoms with van der Waals surface area (Å²) in [5, 5.41) is 15.9. The zero-order chi connectivity index (χ0) is 11.3. The Balaban J connectivity index is 0. The Kier molecular flexibility index (Phi) is 9.36. The lowest BCUT2D eigenvalue weighted by Crippen LogP contribution is -3.00. The molecule has 0 radical (unpaired) electrons. The summed E-state index contributed by atoms with van der Waals surface area (Å²) in [6.45, 7) is 0.412. The average Bonchev–Trinajstić information content (AvgIpc) is 2.17. The lowest BCUT2D eigenvalue weighted by Gasteiger charge is -2.00. The largest absolute Gasteiger partial charge is 1.00 e. The molecule has 0 saturated carbocycles. The van der Waals surface area contributed by atoms with Gasteiger partial charge in [-0.2, -0.15) is 0 Å². The van der Waals surface area contributed by atoms with Crippen molar-refractivity contribution in [1.29, 1.82) is 0 Å². The van der Waals surface area contributed by atoms with Crippen molar-refractivity contribution in [2.24, 2.45) is 0 Å². The molecule has 0 fully saturated rings.